The second kappa shape index (κ2) is 5.56. The standard InChI is InChI=1S/C16H22N6O/c1-11-9-12(2)22-16(17-11)18-14(19-22)15(23)21-8-7-20-6-4-3-5-13(20)10-21/h9,13H,3-8,10H2,1-2H3/t13-/m1/s1. The van der Waals surface area contributed by atoms with Crippen LogP contribution in [0.1, 0.15) is 41.3 Å². The molecule has 0 saturated carbocycles. The monoisotopic (exact) mass is 314 g/mol. The van der Waals surface area contributed by atoms with E-state index in [1.165, 1.54) is 25.8 Å². The van der Waals surface area contributed by atoms with Gasteiger partial charge in [0.15, 0.2) is 0 Å². The van der Waals surface area contributed by atoms with Crippen molar-refractivity contribution in [2.24, 2.45) is 0 Å². The Hall–Kier alpha value is -2.02. The third-order valence-corrected chi connectivity index (χ3v) is 4.93. The van der Waals surface area contributed by atoms with Crippen molar-refractivity contribution in [2.75, 3.05) is 26.2 Å². The van der Waals surface area contributed by atoms with Crippen molar-refractivity contribution >= 4 is 11.7 Å². The highest BCUT2D eigenvalue weighted by molar-refractivity contribution is 5.91. The van der Waals surface area contributed by atoms with E-state index in [4.69, 9.17) is 0 Å². The van der Waals surface area contributed by atoms with Crippen LogP contribution in [0.2, 0.25) is 0 Å². The second-order valence-electron chi connectivity index (χ2n) is 6.62. The number of hydrogen-bond donors (Lipinski definition) is 0. The first kappa shape index (κ1) is 14.6. The number of carbonyl (C=O) groups is 1. The van der Waals surface area contributed by atoms with Crippen molar-refractivity contribution in [1.82, 2.24) is 29.4 Å². The largest absolute Gasteiger partial charge is 0.333 e. The first-order chi connectivity index (χ1) is 11.1. The Labute approximate surface area is 135 Å². The molecule has 0 aromatic carbocycles. The van der Waals surface area contributed by atoms with Crippen molar-refractivity contribution in [3.8, 4) is 0 Å². The molecular formula is C16H22N6O. The molecule has 2 fully saturated rings. The number of amides is 1. The van der Waals surface area contributed by atoms with Gasteiger partial charge in [0, 0.05) is 37.1 Å². The predicted molar refractivity (Wildman–Crippen MR) is 85.4 cm³/mol. The van der Waals surface area contributed by atoms with Gasteiger partial charge in [-0.2, -0.15) is 4.98 Å². The maximum absolute atomic E-state index is 12.8. The van der Waals surface area contributed by atoms with Crippen LogP contribution in [0.4, 0.5) is 0 Å². The van der Waals surface area contributed by atoms with Gasteiger partial charge in [-0.05, 0) is 39.3 Å². The maximum atomic E-state index is 12.8. The fourth-order valence-electron chi connectivity index (χ4n) is 3.74. The Morgan fingerprint density at radius 1 is 1.17 bits per heavy atom. The highest BCUT2D eigenvalue weighted by Gasteiger charge is 2.32. The van der Waals surface area contributed by atoms with Gasteiger partial charge in [0.1, 0.15) is 0 Å². The summed E-state index contributed by atoms with van der Waals surface area (Å²) in [5.74, 6) is 0.690. The summed E-state index contributed by atoms with van der Waals surface area (Å²) in [7, 11) is 0. The molecule has 2 aromatic heterocycles. The molecule has 0 N–H and O–H groups in total. The van der Waals surface area contributed by atoms with E-state index >= 15 is 0 Å². The van der Waals surface area contributed by atoms with E-state index in [1.807, 2.05) is 24.8 Å². The van der Waals surface area contributed by atoms with Crippen LogP contribution in [0.3, 0.4) is 0 Å². The third-order valence-electron chi connectivity index (χ3n) is 4.93. The van der Waals surface area contributed by atoms with E-state index in [-0.39, 0.29) is 11.7 Å². The SMILES string of the molecule is Cc1cc(C)n2nc(C(=O)N3CCN4CCCC[C@@H]4C3)nc2n1. The van der Waals surface area contributed by atoms with Crippen molar-refractivity contribution in [3.63, 3.8) is 0 Å². The zero-order valence-electron chi connectivity index (χ0n) is 13.7. The predicted octanol–water partition coefficient (Wildman–Crippen LogP) is 1.05. The van der Waals surface area contributed by atoms with Crippen LogP contribution in [0.5, 0.6) is 0 Å². The maximum Gasteiger partial charge on any atom is 0.293 e. The molecule has 0 aliphatic carbocycles. The van der Waals surface area contributed by atoms with Gasteiger partial charge in [0.2, 0.25) is 5.82 Å². The Morgan fingerprint density at radius 2 is 2.04 bits per heavy atom. The number of carbonyl (C=O) groups excluding carboxylic acids is 1. The van der Waals surface area contributed by atoms with Crippen LogP contribution >= 0.6 is 0 Å². The lowest BCUT2D eigenvalue weighted by molar-refractivity contribution is 0.0364. The number of rotatable bonds is 1. The molecule has 0 radical (unpaired) electrons. The molecule has 4 heterocycles. The molecule has 2 aromatic rings. The summed E-state index contributed by atoms with van der Waals surface area (Å²) in [5, 5.41) is 4.37. The highest BCUT2D eigenvalue weighted by Crippen LogP contribution is 2.21. The average molecular weight is 314 g/mol. The van der Waals surface area contributed by atoms with Gasteiger partial charge in [-0.3, -0.25) is 9.69 Å². The number of fused-ring (bicyclic) bond motifs is 2. The molecule has 4 rings (SSSR count). The molecule has 23 heavy (non-hydrogen) atoms. The van der Waals surface area contributed by atoms with Crippen molar-refractivity contribution in [2.45, 2.75) is 39.2 Å². The van der Waals surface area contributed by atoms with E-state index < -0.39 is 0 Å². The van der Waals surface area contributed by atoms with Crippen molar-refractivity contribution in [1.29, 1.82) is 0 Å². The smallest absolute Gasteiger partial charge is 0.293 e. The number of hydrogen-bond acceptors (Lipinski definition) is 5. The topological polar surface area (TPSA) is 66.6 Å². The van der Waals surface area contributed by atoms with E-state index in [1.54, 1.807) is 4.52 Å². The van der Waals surface area contributed by atoms with Crippen LogP contribution in [-0.4, -0.2) is 67.5 Å². The minimum absolute atomic E-state index is 0.0715. The van der Waals surface area contributed by atoms with E-state index in [0.717, 1.165) is 31.0 Å². The summed E-state index contributed by atoms with van der Waals surface area (Å²) in [4.78, 5) is 25.9. The van der Waals surface area contributed by atoms with E-state index in [0.29, 0.717) is 11.8 Å². The lowest BCUT2D eigenvalue weighted by atomic mass is 9.99. The third kappa shape index (κ3) is 2.59. The number of nitrogens with zero attached hydrogens (tertiary/aromatic N) is 6. The van der Waals surface area contributed by atoms with Crippen molar-refractivity contribution < 1.29 is 4.79 Å². The summed E-state index contributed by atoms with van der Waals surface area (Å²) >= 11 is 0. The molecule has 0 spiro atoms. The number of aryl methyl sites for hydroxylation is 2. The molecule has 2 saturated heterocycles. The van der Waals surface area contributed by atoms with Crippen LogP contribution in [0.25, 0.3) is 5.78 Å². The van der Waals surface area contributed by atoms with Gasteiger partial charge in [-0.25, -0.2) is 9.50 Å². The highest BCUT2D eigenvalue weighted by atomic mass is 16.2. The lowest BCUT2D eigenvalue weighted by Crippen LogP contribution is -2.56. The van der Waals surface area contributed by atoms with E-state index in [2.05, 4.69) is 20.0 Å². The van der Waals surface area contributed by atoms with Gasteiger partial charge >= 0.3 is 0 Å². The fraction of sp³-hybridized carbons (Fsp3) is 0.625. The Kier molecular flexibility index (Phi) is 3.52. The van der Waals surface area contributed by atoms with E-state index in [9.17, 15) is 4.79 Å². The van der Waals surface area contributed by atoms with Crippen LogP contribution in [-0.2, 0) is 0 Å². The van der Waals surface area contributed by atoms with Crippen molar-refractivity contribution in [3.05, 3.63) is 23.3 Å². The molecule has 1 amide bonds. The summed E-state index contributed by atoms with van der Waals surface area (Å²) in [6.45, 7) is 7.55. The fourth-order valence-corrected chi connectivity index (χ4v) is 3.74. The molecule has 2 aliphatic rings. The second-order valence-corrected chi connectivity index (χ2v) is 6.62. The first-order valence-corrected chi connectivity index (χ1v) is 8.36. The Balaban J connectivity index is 1.58. The lowest BCUT2D eigenvalue weighted by Gasteiger charge is -2.43. The molecule has 0 bridgehead atoms. The van der Waals surface area contributed by atoms with Gasteiger partial charge in [-0.1, -0.05) is 6.42 Å². The zero-order valence-corrected chi connectivity index (χ0v) is 13.7. The molecule has 7 nitrogen and oxygen atoms in total. The number of piperazine rings is 1. The molecule has 1 atom stereocenters. The molecule has 7 heteroatoms. The van der Waals surface area contributed by atoms with Gasteiger partial charge < -0.3 is 4.90 Å². The molecular weight excluding hydrogens is 292 g/mol. The minimum atomic E-state index is -0.0715. The van der Waals surface area contributed by atoms with Gasteiger partial charge in [-0.15, -0.1) is 5.10 Å². The summed E-state index contributed by atoms with van der Waals surface area (Å²) in [5.41, 5.74) is 1.83. The summed E-state index contributed by atoms with van der Waals surface area (Å²) < 4.78 is 1.65. The number of aromatic nitrogens is 4. The van der Waals surface area contributed by atoms with Crippen LogP contribution < -0.4 is 0 Å². The Morgan fingerprint density at radius 3 is 2.91 bits per heavy atom. The molecule has 0 unspecified atom stereocenters. The average Bonchev–Trinajstić information content (AvgIpc) is 2.98. The number of piperidine rings is 1. The quantitative estimate of drug-likeness (QED) is 0.787. The zero-order chi connectivity index (χ0) is 16.0. The first-order valence-electron chi connectivity index (χ1n) is 8.36. The van der Waals surface area contributed by atoms with Crippen LogP contribution in [0.15, 0.2) is 6.07 Å². The molecule has 2 aliphatic heterocycles. The van der Waals surface area contributed by atoms with Gasteiger partial charge in [0.25, 0.3) is 11.7 Å². The van der Waals surface area contributed by atoms with Crippen LogP contribution in [0, 0.1) is 13.8 Å². The van der Waals surface area contributed by atoms with Gasteiger partial charge in [0.05, 0.1) is 0 Å². The molecule has 122 valence electrons. The summed E-state index contributed by atoms with van der Waals surface area (Å²) in [6.07, 6.45) is 3.73. The Bertz CT molecular complexity index is 754. The summed E-state index contributed by atoms with van der Waals surface area (Å²) in [6, 6.07) is 2.44. The normalized spacial score (nSPS) is 22.3. The minimum Gasteiger partial charge on any atom is -0.333 e.